The van der Waals surface area contributed by atoms with Crippen LogP contribution in [-0.2, 0) is 35.2 Å². The van der Waals surface area contributed by atoms with E-state index in [0.717, 1.165) is 5.56 Å². The van der Waals surface area contributed by atoms with Gasteiger partial charge in [0.25, 0.3) is 0 Å². The molecule has 1 aromatic carbocycles. The van der Waals surface area contributed by atoms with Crippen LogP contribution in [0.3, 0.4) is 0 Å². The fraction of sp³-hybridized carbons (Fsp3) is 0.600. The van der Waals surface area contributed by atoms with Crippen molar-refractivity contribution in [3.63, 3.8) is 0 Å². The van der Waals surface area contributed by atoms with Gasteiger partial charge in [-0.15, -0.1) is 0 Å². The third kappa shape index (κ3) is 14.1. The maximum absolute atomic E-state index is 13.1. The Kier molecular flexibility index (Phi) is 17.5. The number of aliphatic hydroxyl groups excluding tert-OH is 1. The third-order valence-corrected chi connectivity index (χ3v) is 7.42. The van der Waals surface area contributed by atoms with Crippen LogP contribution in [0.25, 0.3) is 0 Å². The number of aliphatic hydroxyl groups is 1. The van der Waals surface area contributed by atoms with Gasteiger partial charge in [0.2, 0.25) is 29.5 Å². The fourth-order valence-corrected chi connectivity index (χ4v) is 4.38. The highest BCUT2D eigenvalue weighted by atomic mass is 16.3. The topological polar surface area (TPSA) is 249 Å². The van der Waals surface area contributed by atoms with Crippen LogP contribution in [0.4, 0.5) is 0 Å². The third-order valence-electron chi connectivity index (χ3n) is 7.42. The summed E-state index contributed by atoms with van der Waals surface area (Å²) in [4.78, 5) is 73.4. The summed E-state index contributed by atoms with van der Waals surface area (Å²) in [6, 6.07) is 4.47. The molecule has 1 rings (SSSR count). The summed E-state index contributed by atoms with van der Waals surface area (Å²) in [5.74, 6) is -3.35. The van der Waals surface area contributed by atoms with Crippen molar-refractivity contribution in [3.05, 3.63) is 35.9 Å². The van der Waals surface area contributed by atoms with E-state index in [2.05, 4.69) is 21.3 Å². The molecule has 11 N–H and O–H groups in total. The van der Waals surface area contributed by atoms with Gasteiger partial charge in [0, 0.05) is 22.2 Å². The molecule has 0 aromatic heterocycles. The molecule has 0 heterocycles. The smallest absolute Gasteiger partial charge is 0.243 e. The number of unbranched alkanes of at least 4 members (excludes halogenated alkanes) is 1. The number of benzene rings is 1. The van der Waals surface area contributed by atoms with Gasteiger partial charge in [-0.2, -0.15) is 0 Å². The molecular weight excluding hydrogens is 570 g/mol. The lowest BCUT2D eigenvalue weighted by Gasteiger charge is -2.27. The van der Waals surface area contributed by atoms with Crippen LogP contribution in [0.5, 0.6) is 0 Å². The average molecular weight is 624 g/mol. The number of hydrogen-bond donors (Lipinski definition) is 8. The van der Waals surface area contributed by atoms with E-state index in [1.165, 1.54) is 6.92 Å². The quantitative estimate of drug-likeness (QED) is 0.0737. The Balaban J connectivity index is 0. The summed E-state index contributed by atoms with van der Waals surface area (Å²) in [7, 11) is 0. The zero-order valence-corrected chi connectivity index (χ0v) is 25.8. The van der Waals surface area contributed by atoms with Crippen LogP contribution in [0.15, 0.2) is 30.3 Å². The SMILES string of the molecule is CC[C@H](C)[C@H](NC(=O)C(N)CCCCNC(=O)CCC(N[C@@H](CO)C(N)=O)C(C)=O)C(=O)N[C@@H](Cc1ccccc1)C(N)=O.[HH].[HH]. The van der Waals surface area contributed by atoms with Crippen molar-refractivity contribution in [2.24, 2.45) is 23.1 Å². The summed E-state index contributed by atoms with van der Waals surface area (Å²) in [5, 5.41) is 20.0. The van der Waals surface area contributed by atoms with Crippen LogP contribution in [-0.4, -0.2) is 83.8 Å². The number of ketones is 1. The van der Waals surface area contributed by atoms with Gasteiger partial charge < -0.3 is 38.3 Å². The van der Waals surface area contributed by atoms with Crippen LogP contribution in [0.1, 0.15) is 67.7 Å². The van der Waals surface area contributed by atoms with E-state index in [-0.39, 0.29) is 39.7 Å². The number of amides is 5. The monoisotopic (exact) mass is 623 g/mol. The Hall–Kier alpha value is -3.88. The molecule has 14 nitrogen and oxygen atoms in total. The normalized spacial score (nSPS) is 15.1. The van der Waals surface area contributed by atoms with Crippen LogP contribution in [0.2, 0.25) is 0 Å². The second-order valence-corrected chi connectivity index (χ2v) is 11.0. The van der Waals surface area contributed by atoms with E-state index in [4.69, 9.17) is 17.2 Å². The van der Waals surface area contributed by atoms with Gasteiger partial charge in [-0.3, -0.25) is 34.1 Å². The molecule has 6 atom stereocenters. The Morgan fingerprint density at radius 3 is 2.07 bits per heavy atom. The summed E-state index contributed by atoms with van der Waals surface area (Å²) in [6.07, 6.45) is 2.29. The Bertz CT molecular complexity index is 1110. The standard InChI is InChI=1S/C30H49N7O7.2H2/c1-4-18(2)26(30(44)36-23(27(32)41)16-20-10-6-5-7-11-20)37-29(43)21(31)12-8-9-15-34-25(40)14-13-22(19(3)39)35-24(17-38)28(33)42;;/h5-7,10-11,18,21-24,26,35,38H,4,8-9,12-17,31H2,1-3H3,(H2,32,41)(H2,33,42)(H,34,40)(H,36,44)(H,37,43);2*1H/t18-,21?,22?,23-,24-,26-;;/m0../s1. The van der Waals surface area contributed by atoms with Crippen molar-refractivity contribution in [1.82, 2.24) is 21.3 Å². The lowest BCUT2D eigenvalue weighted by Crippen LogP contribution is -2.57. The van der Waals surface area contributed by atoms with Crippen LogP contribution < -0.4 is 38.5 Å². The molecule has 0 radical (unpaired) electrons. The number of carbonyl (C=O) groups is 6. The van der Waals surface area contributed by atoms with Crippen molar-refractivity contribution < 1.29 is 36.7 Å². The fourth-order valence-electron chi connectivity index (χ4n) is 4.38. The first-order valence-corrected chi connectivity index (χ1v) is 14.9. The minimum absolute atomic E-state index is 0. The first-order valence-electron chi connectivity index (χ1n) is 14.9. The predicted molar refractivity (Wildman–Crippen MR) is 169 cm³/mol. The molecule has 250 valence electrons. The Morgan fingerprint density at radius 2 is 1.52 bits per heavy atom. The maximum atomic E-state index is 13.1. The van der Waals surface area contributed by atoms with Crippen molar-refractivity contribution >= 4 is 35.3 Å². The van der Waals surface area contributed by atoms with Gasteiger partial charge in [-0.25, -0.2) is 0 Å². The molecule has 0 spiro atoms. The highest BCUT2D eigenvalue weighted by Crippen LogP contribution is 2.11. The number of hydrogen-bond acceptors (Lipinski definition) is 9. The molecule has 5 amide bonds. The van der Waals surface area contributed by atoms with Gasteiger partial charge in [0.1, 0.15) is 23.9 Å². The molecule has 44 heavy (non-hydrogen) atoms. The highest BCUT2D eigenvalue weighted by molar-refractivity contribution is 5.93. The van der Waals surface area contributed by atoms with E-state index in [1.807, 2.05) is 44.2 Å². The molecule has 0 aliphatic heterocycles. The maximum Gasteiger partial charge on any atom is 0.243 e. The lowest BCUT2D eigenvalue weighted by molar-refractivity contribution is -0.133. The zero-order chi connectivity index (χ0) is 33.2. The summed E-state index contributed by atoms with van der Waals surface area (Å²) < 4.78 is 0. The second-order valence-electron chi connectivity index (χ2n) is 11.0. The number of nitrogens with two attached hydrogens (primary N) is 3. The van der Waals surface area contributed by atoms with Crippen LogP contribution >= 0.6 is 0 Å². The molecule has 0 aliphatic rings. The molecule has 0 aliphatic carbocycles. The summed E-state index contributed by atoms with van der Waals surface area (Å²) >= 11 is 0. The molecule has 0 fully saturated rings. The molecule has 2 unspecified atom stereocenters. The van der Waals surface area contributed by atoms with E-state index in [1.54, 1.807) is 0 Å². The highest BCUT2D eigenvalue weighted by Gasteiger charge is 2.30. The first kappa shape index (κ1) is 38.1. The molecular formula is C30H53N7O7. The number of carbonyl (C=O) groups excluding carboxylic acids is 6. The molecule has 0 saturated heterocycles. The number of nitrogens with one attached hydrogen (secondary N) is 4. The second kappa shape index (κ2) is 20.1. The van der Waals surface area contributed by atoms with Crippen molar-refractivity contribution in [2.45, 2.75) is 95.9 Å². The number of primary amides is 2. The number of Topliss-reactive ketones (excluding diaryl/α,β-unsaturated/α-hetero) is 1. The lowest BCUT2D eigenvalue weighted by atomic mass is 9.96. The number of rotatable bonds is 22. The van der Waals surface area contributed by atoms with Crippen molar-refractivity contribution in [1.29, 1.82) is 0 Å². The Morgan fingerprint density at radius 1 is 0.886 bits per heavy atom. The van der Waals surface area contributed by atoms with Gasteiger partial charge in [0.05, 0.1) is 18.7 Å². The van der Waals surface area contributed by atoms with Gasteiger partial charge in [0.15, 0.2) is 0 Å². The van der Waals surface area contributed by atoms with E-state index < -0.39 is 60.4 Å². The minimum Gasteiger partial charge on any atom is -0.394 e. The van der Waals surface area contributed by atoms with Gasteiger partial charge >= 0.3 is 0 Å². The largest absolute Gasteiger partial charge is 0.394 e. The Labute approximate surface area is 261 Å². The molecule has 0 bridgehead atoms. The summed E-state index contributed by atoms with van der Waals surface area (Å²) in [5.41, 5.74) is 17.6. The zero-order valence-electron chi connectivity index (χ0n) is 25.8. The molecule has 1 aromatic rings. The van der Waals surface area contributed by atoms with Gasteiger partial charge in [-0.05, 0) is 44.1 Å². The van der Waals surface area contributed by atoms with Gasteiger partial charge in [-0.1, -0.05) is 50.6 Å². The molecule has 14 heteroatoms. The minimum atomic E-state index is -1.09. The average Bonchev–Trinajstić information content (AvgIpc) is 2.98. The van der Waals surface area contributed by atoms with E-state index in [9.17, 15) is 33.9 Å². The molecule has 0 saturated carbocycles. The van der Waals surface area contributed by atoms with E-state index >= 15 is 0 Å². The van der Waals surface area contributed by atoms with Crippen LogP contribution in [0, 0.1) is 5.92 Å². The van der Waals surface area contributed by atoms with Crippen molar-refractivity contribution in [3.8, 4) is 0 Å². The summed E-state index contributed by atoms with van der Waals surface area (Å²) in [6.45, 7) is 4.75. The first-order chi connectivity index (χ1) is 20.8. The predicted octanol–water partition coefficient (Wildman–Crippen LogP) is -0.990. The van der Waals surface area contributed by atoms with E-state index in [0.29, 0.717) is 32.2 Å². The van der Waals surface area contributed by atoms with Crippen molar-refractivity contribution in [2.75, 3.05) is 13.2 Å².